The average Bonchev–Trinajstić information content (AvgIpc) is 3.20. The number of rotatable bonds is 10. The Bertz CT molecular complexity index is 742. The van der Waals surface area contributed by atoms with Gasteiger partial charge in [0.15, 0.2) is 6.54 Å². The maximum Gasteiger partial charge on any atom is 0.275 e. The highest BCUT2D eigenvalue weighted by Crippen LogP contribution is 2.25. The maximum atomic E-state index is 12.2. The van der Waals surface area contributed by atoms with Crippen LogP contribution in [-0.2, 0) is 9.59 Å². The number of carbonyl (C=O) groups is 2. The first-order valence-electron chi connectivity index (χ1n) is 9.93. The molecule has 2 atom stereocenters. The first-order valence-corrected chi connectivity index (χ1v) is 10.8. The fraction of sp³-hybridized carbons (Fsp3) is 0.455. The lowest BCUT2D eigenvalue weighted by Crippen LogP contribution is -2.87. The fourth-order valence-electron chi connectivity index (χ4n) is 3.00. The molecule has 0 bridgehead atoms. The summed E-state index contributed by atoms with van der Waals surface area (Å²) >= 11 is 1.69. The highest BCUT2D eigenvalue weighted by molar-refractivity contribution is 7.10. The van der Waals surface area contributed by atoms with Gasteiger partial charge in [-0.05, 0) is 43.2 Å². The summed E-state index contributed by atoms with van der Waals surface area (Å²) in [6.07, 6.45) is 1.12. The smallest absolute Gasteiger partial charge is 0.275 e. The van der Waals surface area contributed by atoms with Crippen LogP contribution in [0.3, 0.4) is 0 Å². The fourth-order valence-corrected chi connectivity index (χ4v) is 3.85. The van der Waals surface area contributed by atoms with Crippen LogP contribution in [0.1, 0.15) is 62.1 Å². The summed E-state index contributed by atoms with van der Waals surface area (Å²) in [6, 6.07) is 13.0. The largest absolute Gasteiger partial charge is 0.352 e. The van der Waals surface area contributed by atoms with Gasteiger partial charge in [0, 0.05) is 11.6 Å². The van der Waals surface area contributed by atoms with E-state index in [-0.39, 0.29) is 37.0 Å². The van der Waals surface area contributed by atoms with Crippen LogP contribution >= 0.6 is 11.3 Å². The summed E-state index contributed by atoms with van der Waals surface area (Å²) in [5, 5.41) is 9.54. The molecule has 152 valence electrons. The molecule has 2 aromatic rings. The van der Waals surface area contributed by atoms with E-state index in [1.807, 2.05) is 25.2 Å². The second-order valence-electron chi connectivity index (χ2n) is 7.41. The predicted octanol–water partition coefficient (Wildman–Crippen LogP) is 2.56. The summed E-state index contributed by atoms with van der Waals surface area (Å²) in [4.78, 5) is 25.1. The zero-order valence-corrected chi connectivity index (χ0v) is 18.0. The average molecular weight is 403 g/mol. The van der Waals surface area contributed by atoms with Crippen LogP contribution in [0.2, 0.25) is 0 Å². The Hall–Kier alpha value is -2.18. The van der Waals surface area contributed by atoms with Crippen LogP contribution in [0, 0.1) is 0 Å². The molecular weight excluding hydrogens is 370 g/mol. The van der Waals surface area contributed by atoms with Crippen molar-refractivity contribution < 1.29 is 14.9 Å². The highest BCUT2D eigenvalue weighted by atomic mass is 32.1. The third-order valence-electron chi connectivity index (χ3n) is 4.76. The second-order valence-corrected chi connectivity index (χ2v) is 8.39. The summed E-state index contributed by atoms with van der Waals surface area (Å²) < 4.78 is 0. The van der Waals surface area contributed by atoms with E-state index in [2.05, 4.69) is 60.2 Å². The lowest BCUT2D eigenvalue weighted by atomic mass is 9.95. The molecule has 0 saturated carbocycles. The van der Waals surface area contributed by atoms with Gasteiger partial charge in [0.25, 0.3) is 5.91 Å². The summed E-state index contributed by atoms with van der Waals surface area (Å²) in [7, 11) is 0. The van der Waals surface area contributed by atoms with Gasteiger partial charge in [-0.2, -0.15) is 0 Å². The first kappa shape index (κ1) is 22.1. The monoisotopic (exact) mass is 402 g/mol. The minimum Gasteiger partial charge on any atom is -0.352 e. The molecule has 0 saturated heterocycles. The zero-order valence-electron chi connectivity index (χ0n) is 17.2. The van der Waals surface area contributed by atoms with Crippen molar-refractivity contribution in [2.45, 2.75) is 52.1 Å². The van der Waals surface area contributed by atoms with Gasteiger partial charge in [-0.1, -0.05) is 44.2 Å². The van der Waals surface area contributed by atoms with Crippen molar-refractivity contribution in [3.05, 3.63) is 57.8 Å². The van der Waals surface area contributed by atoms with E-state index in [4.69, 9.17) is 0 Å². The predicted molar refractivity (Wildman–Crippen MR) is 114 cm³/mol. The lowest BCUT2D eigenvalue weighted by molar-refractivity contribution is -0.676. The first-order chi connectivity index (χ1) is 13.4. The van der Waals surface area contributed by atoms with Gasteiger partial charge in [-0.15, -0.1) is 11.3 Å². The Morgan fingerprint density at radius 1 is 1.04 bits per heavy atom. The van der Waals surface area contributed by atoms with E-state index in [9.17, 15) is 9.59 Å². The molecule has 28 heavy (non-hydrogen) atoms. The van der Waals surface area contributed by atoms with Crippen LogP contribution in [0.25, 0.3) is 0 Å². The van der Waals surface area contributed by atoms with Crippen molar-refractivity contribution in [3.8, 4) is 0 Å². The molecule has 2 amide bonds. The van der Waals surface area contributed by atoms with Crippen molar-refractivity contribution in [3.63, 3.8) is 0 Å². The van der Waals surface area contributed by atoms with Crippen LogP contribution in [-0.4, -0.2) is 30.9 Å². The van der Waals surface area contributed by atoms with Crippen LogP contribution in [0.5, 0.6) is 0 Å². The molecular formula is C22H32N3O2S+. The number of carbonyl (C=O) groups excluding carboxylic acids is 2. The van der Waals surface area contributed by atoms with E-state index in [0.29, 0.717) is 5.92 Å². The topological polar surface area (TPSA) is 74.8 Å². The molecule has 0 fully saturated rings. The number of hydrogen-bond donors (Lipinski definition) is 3. The van der Waals surface area contributed by atoms with Gasteiger partial charge < -0.3 is 16.0 Å². The quantitative estimate of drug-likeness (QED) is 0.571. The second kappa shape index (κ2) is 11.0. The minimum absolute atomic E-state index is 0.0120. The molecule has 0 aliphatic carbocycles. The molecule has 0 spiro atoms. The Kier molecular flexibility index (Phi) is 8.67. The highest BCUT2D eigenvalue weighted by Gasteiger charge is 2.20. The standard InChI is InChI=1S/C22H31N3O2S/c1-5-16(4)17-8-10-18(11-9-17)22(19-7-6-12-28-19)24-13-20(26)23-14-21(27)25-15(2)3/h6-12,15-16,22,24H,5,13-14H2,1-4H3,(H,23,26)(H,25,27)/p+1/t16-,22-/m1/s1. The molecule has 1 aromatic heterocycles. The van der Waals surface area contributed by atoms with Gasteiger partial charge in [-0.25, -0.2) is 0 Å². The van der Waals surface area contributed by atoms with Crippen LogP contribution < -0.4 is 16.0 Å². The number of nitrogens with two attached hydrogens (primary N) is 1. The van der Waals surface area contributed by atoms with E-state index >= 15 is 0 Å². The third-order valence-corrected chi connectivity index (χ3v) is 5.72. The Balaban J connectivity index is 1.99. The van der Waals surface area contributed by atoms with E-state index in [0.717, 1.165) is 6.42 Å². The van der Waals surface area contributed by atoms with Crippen molar-refractivity contribution in [1.29, 1.82) is 0 Å². The summed E-state index contributed by atoms with van der Waals surface area (Å²) in [5.41, 5.74) is 2.52. The molecule has 1 aromatic carbocycles. The van der Waals surface area contributed by atoms with Gasteiger partial charge in [0.05, 0.1) is 11.4 Å². The molecule has 1 heterocycles. The molecule has 4 N–H and O–H groups in total. The molecule has 0 unspecified atom stereocenters. The van der Waals surface area contributed by atoms with Crippen LogP contribution in [0.4, 0.5) is 0 Å². The van der Waals surface area contributed by atoms with E-state index in [1.54, 1.807) is 11.3 Å². The van der Waals surface area contributed by atoms with Crippen molar-refractivity contribution in [2.24, 2.45) is 0 Å². The molecule has 0 radical (unpaired) electrons. The number of benzene rings is 1. The number of amides is 2. The van der Waals surface area contributed by atoms with Crippen LogP contribution in [0.15, 0.2) is 41.8 Å². The SMILES string of the molecule is CC[C@@H](C)c1ccc([C@@H]([NH2+]CC(=O)NCC(=O)NC(C)C)c2cccs2)cc1. The van der Waals surface area contributed by atoms with Gasteiger partial charge in [-0.3, -0.25) is 9.59 Å². The minimum atomic E-state index is -0.168. The van der Waals surface area contributed by atoms with Gasteiger partial charge >= 0.3 is 0 Å². The number of thiophene rings is 1. The Labute approximate surface area is 171 Å². The molecule has 0 aliphatic heterocycles. The van der Waals surface area contributed by atoms with Gasteiger partial charge in [0.2, 0.25) is 5.91 Å². The lowest BCUT2D eigenvalue weighted by Gasteiger charge is -2.16. The Morgan fingerprint density at radius 2 is 1.71 bits per heavy atom. The molecule has 2 rings (SSSR count). The molecule has 0 aliphatic rings. The number of quaternary nitrogens is 1. The Morgan fingerprint density at radius 3 is 2.29 bits per heavy atom. The summed E-state index contributed by atoms with van der Waals surface area (Å²) in [6.45, 7) is 8.50. The van der Waals surface area contributed by atoms with E-state index < -0.39 is 0 Å². The maximum absolute atomic E-state index is 12.2. The van der Waals surface area contributed by atoms with Crippen molar-refractivity contribution >= 4 is 23.2 Å². The third kappa shape index (κ3) is 6.77. The van der Waals surface area contributed by atoms with Gasteiger partial charge in [0.1, 0.15) is 6.04 Å². The zero-order chi connectivity index (χ0) is 20.5. The normalized spacial score (nSPS) is 13.2. The molecule has 5 nitrogen and oxygen atoms in total. The van der Waals surface area contributed by atoms with Crippen molar-refractivity contribution in [1.82, 2.24) is 10.6 Å². The number of hydrogen-bond acceptors (Lipinski definition) is 3. The van der Waals surface area contributed by atoms with E-state index in [1.165, 1.54) is 16.0 Å². The van der Waals surface area contributed by atoms with Crippen molar-refractivity contribution in [2.75, 3.05) is 13.1 Å². The molecule has 6 heteroatoms. The summed E-state index contributed by atoms with van der Waals surface area (Å²) in [5.74, 6) is 0.233. The number of nitrogens with one attached hydrogen (secondary N) is 2.